The molecule has 0 saturated heterocycles. The van der Waals surface area contributed by atoms with E-state index < -0.39 is 5.97 Å². The van der Waals surface area contributed by atoms with Gasteiger partial charge < -0.3 is 9.84 Å². The average Bonchev–Trinajstić information content (AvgIpc) is 3.27. The quantitative estimate of drug-likeness (QED) is 0.792. The Morgan fingerprint density at radius 1 is 1.20 bits per heavy atom. The monoisotopic (exact) mass is 335 g/mol. The second-order valence-electron chi connectivity index (χ2n) is 5.96. The van der Waals surface area contributed by atoms with Crippen molar-refractivity contribution in [2.24, 2.45) is 0 Å². The summed E-state index contributed by atoms with van der Waals surface area (Å²) in [4.78, 5) is 16.0. The molecule has 0 fully saturated rings. The van der Waals surface area contributed by atoms with E-state index in [2.05, 4.69) is 23.3 Å². The topological polar surface area (TPSA) is 77.2 Å². The predicted octanol–water partition coefficient (Wildman–Crippen LogP) is 3.13. The normalized spacial score (nSPS) is 12.8. The SMILES string of the molecule is COc1c(C(=O)O)cnn1-c1cccc(-c2cccc3c2CCC3)n1. The first kappa shape index (κ1) is 15.4. The standard InChI is InChI=1S/C19H17N3O3/c1-25-18-15(19(23)24)11-20-22(18)17-10-4-9-16(21-17)14-8-3-6-12-5-2-7-13(12)14/h3-4,6,8-11H,2,5,7H2,1H3,(H,23,24). The zero-order chi connectivity index (χ0) is 17.4. The molecule has 1 N–H and O–H groups in total. The van der Waals surface area contributed by atoms with Crippen LogP contribution in [0.2, 0.25) is 0 Å². The van der Waals surface area contributed by atoms with E-state index in [1.165, 1.54) is 35.5 Å². The summed E-state index contributed by atoms with van der Waals surface area (Å²) in [7, 11) is 1.42. The highest BCUT2D eigenvalue weighted by molar-refractivity contribution is 5.90. The van der Waals surface area contributed by atoms with Crippen molar-refractivity contribution in [1.29, 1.82) is 0 Å². The zero-order valence-corrected chi connectivity index (χ0v) is 13.8. The number of carboxylic acids is 1. The van der Waals surface area contributed by atoms with Gasteiger partial charge in [0.25, 0.3) is 0 Å². The number of benzene rings is 1. The maximum absolute atomic E-state index is 11.3. The van der Waals surface area contributed by atoms with Crippen molar-refractivity contribution in [3.05, 3.63) is 59.3 Å². The van der Waals surface area contributed by atoms with Gasteiger partial charge in [-0.25, -0.2) is 9.78 Å². The van der Waals surface area contributed by atoms with Crippen LogP contribution in [-0.2, 0) is 12.8 Å². The number of ether oxygens (including phenoxy) is 1. The lowest BCUT2D eigenvalue weighted by Gasteiger charge is -2.11. The molecule has 6 heteroatoms. The van der Waals surface area contributed by atoms with E-state index in [0.717, 1.165) is 24.1 Å². The minimum absolute atomic E-state index is 0.00954. The lowest BCUT2D eigenvalue weighted by Crippen LogP contribution is -2.05. The van der Waals surface area contributed by atoms with Crippen LogP contribution in [0, 0.1) is 0 Å². The van der Waals surface area contributed by atoms with E-state index in [-0.39, 0.29) is 11.4 Å². The lowest BCUT2D eigenvalue weighted by molar-refractivity contribution is 0.0693. The maximum Gasteiger partial charge on any atom is 0.342 e. The molecule has 0 amide bonds. The third-order valence-electron chi connectivity index (χ3n) is 4.52. The number of carboxylic acid groups (broad SMARTS) is 1. The average molecular weight is 335 g/mol. The number of pyridine rings is 1. The third-order valence-corrected chi connectivity index (χ3v) is 4.52. The van der Waals surface area contributed by atoms with Crippen LogP contribution in [-0.4, -0.2) is 33.0 Å². The molecule has 4 rings (SSSR count). The van der Waals surface area contributed by atoms with Crippen LogP contribution in [0.1, 0.15) is 27.9 Å². The molecule has 0 aliphatic heterocycles. The summed E-state index contributed by atoms with van der Waals surface area (Å²) in [6, 6.07) is 12.0. The molecule has 25 heavy (non-hydrogen) atoms. The number of hydrogen-bond acceptors (Lipinski definition) is 4. The number of aromatic carboxylic acids is 1. The molecule has 2 aromatic heterocycles. The van der Waals surface area contributed by atoms with Crippen LogP contribution in [0.4, 0.5) is 0 Å². The largest absolute Gasteiger partial charge is 0.480 e. The molecular weight excluding hydrogens is 318 g/mol. The Balaban J connectivity index is 1.82. The lowest BCUT2D eigenvalue weighted by atomic mass is 10.0. The summed E-state index contributed by atoms with van der Waals surface area (Å²) < 4.78 is 6.64. The van der Waals surface area contributed by atoms with Crippen molar-refractivity contribution >= 4 is 5.97 Å². The third kappa shape index (κ3) is 2.55. The Morgan fingerprint density at radius 2 is 2.04 bits per heavy atom. The molecule has 0 saturated carbocycles. The summed E-state index contributed by atoms with van der Waals surface area (Å²) in [5.41, 5.74) is 4.72. The fourth-order valence-electron chi connectivity index (χ4n) is 3.39. The molecule has 1 aliphatic carbocycles. The van der Waals surface area contributed by atoms with Gasteiger partial charge in [0.05, 0.1) is 19.0 Å². The van der Waals surface area contributed by atoms with Crippen molar-refractivity contribution in [2.75, 3.05) is 7.11 Å². The van der Waals surface area contributed by atoms with E-state index in [9.17, 15) is 9.90 Å². The minimum atomic E-state index is -1.08. The Labute approximate surface area is 144 Å². The number of aryl methyl sites for hydroxylation is 1. The number of hydrogen-bond donors (Lipinski definition) is 1. The van der Waals surface area contributed by atoms with Crippen LogP contribution < -0.4 is 4.74 Å². The fraction of sp³-hybridized carbons (Fsp3) is 0.211. The van der Waals surface area contributed by atoms with Gasteiger partial charge in [0.1, 0.15) is 5.56 Å². The molecule has 0 unspecified atom stereocenters. The Kier molecular flexibility index (Phi) is 3.72. The van der Waals surface area contributed by atoms with Gasteiger partial charge in [-0.2, -0.15) is 9.78 Å². The van der Waals surface area contributed by atoms with Crippen LogP contribution in [0.15, 0.2) is 42.6 Å². The number of methoxy groups -OCH3 is 1. The first-order chi connectivity index (χ1) is 12.2. The Hall–Kier alpha value is -3.15. The number of rotatable bonds is 4. The molecule has 0 spiro atoms. The molecule has 3 aromatic rings. The first-order valence-electron chi connectivity index (χ1n) is 8.13. The van der Waals surface area contributed by atoms with Crippen molar-refractivity contribution in [3.8, 4) is 23.0 Å². The van der Waals surface area contributed by atoms with Gasteiger partial charge in [-0.15, -0.1) is 0 Å². The second kappa shape index (κ2) is 6.05. The van der Waals surface area contributed by atoms with Gasteiger partial charge >= 0.3 is 5.97 Å². The van der Waals surface area contributed by atoms with E-state index in [1.807, 2.05) is 12.1 Å². The molecule has 0 bridgehead atoms. The van der Waals surface area contributed by atoms with Crippen LogP contribution in [0.3, 0.4) is 0 Å². The minimum Gasteiger partial charge on any atom is -0.480 e. The van der Waals surface area contributed by atoms with E-state index in [0.29, 0.717) is 5.82 Å². The number of fused-ring (bicyclic) bond motifs is 1. The van der Waals surface area contributed by atoms with Crippen molar-refractivity contribution < 1.29 is 14.6 Å². The van der Waals surface area contributed by atoms with Crippen molar-refractivity contribution in [3.63, 3.8) is 0 Å². The second-order valence-corrected chi connectivity index (χ2v) is 5.96. The maximum atomic E-state index is 11.3. The predicted molar refractivity (Wildman–Crippen MR) is 92.3 cm³/mol. The van der Waals surface area contributed by atoms with E-state index >= 15 is 0 Å². The fourth-order valence-corrected chi connectivity index (χ4v) is 3.39. The van der Waals surface area contributed by atoms with Gasteiger partial charge in [-0.05, 0) is 42.5 Å². The molecular formula is C19H17N3O3. The molecule has 1 aromatic carbocycles. The summed E-state index contributed by atoms with van der Waals surface area (Å²) in [5.74, 6) is -0.395. The van der Waals surface area contributed by atoms with Crippen LogP contribution >= 0.6 is 0 Å². The zero-order valence-electron chi connectivity index (χ0n) is 13.8. The number of nitrogens with zero attached hydrogens (tertiary/aromatic N) is 3. The Morgan fingerprint density at radius 3 is 2.84 bits per heavy atom. The Bertz CT molecular complexity index is 962. The molecule has 0 radical (unpaired) electrons. The smallest absolute Gasteiger partial charge is 0.342 e. The van der Waals surface area contributed by atoms with Crippen molar-refractivity contribution in [1.82, 2.24) is 14.8 Å². The molecule has 2 heterocycles. The molecule has 0 atom stereocenters. The number of aromatic nitrogens is 3. The van der Waals surface area contributed by atoms with Gasteiger partial charge in [0.2, 0.25) is 5.88 Å². The van der Waals surface area contributed by atoms with Crippen LogP contribution in [0.25, 0.3) is 17.1 Å². The highest BCUT2D eigenvalue weighted by Crippen LogP contribution is 2.32. The van der Waals surface area contributed by atoms with Gasteiger partial charge in [-0.1, -0.05) is 24.3 Å². The highest BCUT2D eigenvalue weighted by atomic mass is 16.5. The first-order valence-corrected chi connectivity index (χ1v) is 8.13. The van der Waals surface area contributed by atoms with Gasteiger partial charge in [0, 0.05) is 5.56 Å². The number of carbonyl (C=O) groups is 1. The molecule has 126 valence electrons. The van der Waals surface area contributed by atoms with Gasteiger partial charge in [-0.3, -0.25) is 0 Å². The van der Waals surface area contributed by atoms with Crippen molar-refractivity contribution in [2.45, 2.75) is 19.3 Å². The highest BCUT2D eigenvalue weighted by Gasteiger charge is 2.20. The van der Waals surface area contributed by atoms with E-state index in [1.54, 1.807) is 6.07 Å². The summed E-state index contributed by atoms with van der Waals surface area (Å²) in [6.45, 7) is 0. The summed E-state index contributed by atoms with van der Waals surface area (Å²) in [6.07, 6.45) is 4.61. The molecule has 6 nitrogen and oxygen atoms in total. The van der Waals surface area contributed by atoms with Gasteiger partial charge in [0.15, 0.2) is 5.82 Å². The van der Waals surface area contributed by atoms with E-state index in [4.69, 9.17) is 9.72 Å². The summed E-state index contributed by atoms with van der Waals surface area (Å²) >= 11 is 0. The molecule has 1 aliphatic rings. The summed E-state index contributed by atoms with van der Waals surface area (Å²) in [5, 5.41) is 13.4. The van der Waals surface area contributed by atoms with Crippen LogP contribution in [0.5, 0.6) is 5.88 Å².